The molecule has 0 spiro atoms. The molecule has 0 amide bonds. The lowest BCUT2D eigenvalue weighted by Gasteiger charge is -2.35. The van der Waals surface area contributed by atoms with E-state index in [9.17, 15) is 4.79 Å². The molecule has 0 aliphatic heterocycles. The van der Waals surface area contributed by atoms with Crippen LogP contribution in [0.3, 0.4) is 0 Å². The highest BCUT2D eigenvalue weighted by molar-refractivity contribution is 6.08. The second kappa shape index (κ2) is 12.0. The van der Waals surface area contributed by atoms with Crippen molar-refractivity contribution in [3.05, 3.63) is 41.7 Å². The van der Waals surface area contributed by atoms with Gasteiger partial charge in [0.2, 0.25) is 0 Å². The Morgan fingerprint density at radius 1 is 1.00 bits per heavy atom. The van der Waals surface area contributed by atoms with Gasteiger partial charge in [-0.15, -0.1) is 5.10 Å². The number of rotatable bonds is 13. The normalized spacial score (nSPS) is 12.7. The second-order valence-electron chi connectivity index (χ2n) is 10.9. The van der Waals surface area contributed by atoms with Gasteiger partial charge in [0.05, 0.1) is 43.4 Å². The molecule has 8 heteroatoms. The molecular weight excluding hydrogens is 429 g/mol. The van der Waals surface area contributed by atoms with E-state index >= 15 is 0 Å². The number of aryl methyl sites for hydroxylation is 2. The maximum atomic E-state index is 12.1. The highest BCUT2D eigenvalue weighted by Gasteiger charge is 2.27. The average molecular weight is 469 g/mol. The van der Waals surface area contributed by atoms with Crippen molar-refractivity contribution < 1.29 is 19.0 Å². The maximum absolute atomic E-state index is 12.1. The van der Waals surface area contributed by atoms with E-state index in [0.717, 1.165) is 24.1 Å². The van der Waals surface area contributed by atoms with E-state index in [2.05, 4.69) is 58.8 Å². The van der Waals surface area contributed by atoms with Crippen LogP contribution in [-0.4, -0.2) is 52.2 Å². The average Bonchev–Trinajstić information content (AvgIpc) is 3.17. The summed E-state index contributed by atoms with van der Waals surface area (Å²) < 4.78 is 19.4. The number of carbonyl (C=O) groups excluding carboxylic acids is 1. The monoisotopic (exact) mass is 469 g/mol. The van der Waals surface area contributed by atoms with Crippen LogP contribution in [0.4, 0.5) is 0 Å². The molecule has 2 radical (unpaired) electrons. The maximum Gasteiger partial charge on any atom is 0.311 e. The van der Waals surface area contributed by atoms with Gasteiger partial charge in [-0.05, 0) is 73.4 Å². The van der Waals surface area contributed by atoms with Gasteiger partial charge in [0.1, 0.15) is 5.75 Å². The van der Waals surface area contributed by atoms with Gasteiger partial charge in [0.15, 0.2) is 0 Å². The lowest BCUT2D eigenvalue weighted by molar-refractivity contribution is -0.134. The fourth-order valence-electron chi connectivity index (χ4n) is 3.58. The molecule has 186 valence electrons. The van der Waals surface area contributed by atoms with Gasteiger partial charge < -0.3 is 14.2 Å². The van der Waals surface area contributed by atoms with Gasteiger partial charge >= 0.3 is 5.97 Å². The third-order valence-electron chi connectivity index (χ3n) is 5.28. The number of esters is 1. The van der Waals surface area contributed by atoms with Crippen molar-refractivity contribution in [1.82, 2.24) is 15.0 Å². The number of nitrogens with zero attached hydrogens (tertiary/aromatic N) is 3. The van der Waals surface area contributed by atoms with Gasteiger partial charge in [0.25, 0.3) is 0 Å². The van der Waals surface area contributed by atoms with E-state index in [4.69, 9.17) is 22.1 Å². The van der Waals surface area contributed by atoms with Crippen LogP contribution in [0.2, 0.25) is 0 Å². The molecule has 2 aromatic rings. The number of benzene rings is 1. The number of ether oxygens (including phenoxy) is 3. The van der Waals surface area contributed by atoms with Crippen molar-refractivity contribution in [3.8, 4) is 5.75 Å². The molecular formula is C26H40BN3O4. The first-order valence-electron chi connectivity index (χ1n) is 12.0. The first kappa shape index (κ1) is 28.1. The predicted octanol–water partition coefficient (Wildman–Crippen LogP) is 4.65. The second-order valence-corrected chi connectivity index (χ2v) is 10.9. The van der Waals surface area contributed by atoms with Crippen molar-refractivity contribution in [1.29, 1.82) is 0 Å². The molecule has 7 nitrogen and oxygen atoms in total. The fourth-order valence-corrected chi connectivity index (χ4v) is 3.58. The summed E-state index contributed by atoms with van der Waals surface area (Å²) >= 11 is 0. The molecule has 0 fully saturated rings. The van der Waals surface area contributed by atoms with Crippen LogP contribution < -0.4 is 4.74 Å². The van der Waals surface area contributed by atoms with E-state index < -0.39 is 0 Å². The Bertz CT molecular complexity index is 902. The van der Waals surface area contributed by atoms with Crippen LogP contribution in [0.15, 0.2) is 30.5 Å². The quantitative estimate of drug-likeness (QED) is 0.241. The zero-order chi connectivity index (χ0) is 25.4. The molecule has 0 saturated heterocycles. The van der Waals surface area contributed by atoms with E-state index in [1.165, 1.54) is 0 Å². The van der Waals surface area contributed by atoms with Crippen molar-refractivity contribution in [3.63, 3.8) is 0 Å². The minimum atomic E-state index is -0.303. The van der Waals surface area contributed by atoms with Gasteiger partial charge in [-0.3, -0.25) is 9.48 Å². The third kappa shape index (κ3) is 10.8. The summed E-state index contributed by atoms with van der Waals surface area (Å²) in [6.07, 6.45) is 4.64. The molecule has 0 bridgehead atoms. The first-order chi connectivity index (χ1) is 15.8. The summed E-state index contributed by atoms with van der Waals surface area (Å²) in [6.45, 7) is 15.9. The van der Waals surface area contributed by atoms with E-state index in [0.29, 0.717) is 31.6 Å². The SMILES string of the molecule is [B]Cc1ccc(OC(=O)CCc2cn(CCC(C)(C)OCCC(C)(C)OC(C)(C)C)nn2)cc1. The Morgan fingerprint density at radius 3 is 2.29 bits per heavy atom. The third-order valence-corrected chi connectivity index (χ3v) is 5.28. The van der Waals surface area contributed by atoms with Gasteiger partial charge in [-0.2, -0.15) is 0 Å². The van der Waals surface area contributed by atoms with Crippen LogP contribution in [-0.2, 0) is 33.6 Å². The Kier molecular flexibility index (Phi) is 9.89. The zero-order valence-corrected chi connectivity index (χ0v) is 21.9. The summed E-state index contributed by atoms with van der Waals surface area (Å²) in [5, 5.41) is 8.37. The summed E-state index contributed by atoms with van der Waals surface area (Å²) in [6, 6.07) is 7.19. The molecule has 0 atom stereocenters. The summed E-state index contributed by atoms with van der Waals surface area (Å²) in [5.74, 6) is 0.212. The van der Waals surface area contributed by atoms with Gasteiger partial charge in [-0.1, -0.05) is 29.2 Å². The van der Waals surface area contributed by atoms with Gasteiger partial charge in [-0.25, -0.2) is 0 Å². The predicted molar refractivity (Wildman–Crippen MR) is 134 cm³/mol. The lowest BCUT2D eigenvalue weighted by Crippen LogP contribution is -2.37. The molecule has 34 heavy (non-hydrogen) atoms. The molecule has 2 rings (SSSR count). The first-order valence-corrected chi connectivity index (χ1v) is 12.0. The molecule has 1 heterocycles. The summed E-state index contributed by atoms with van der Waals surface area (Å²) in [5.41, 5.74) is 1.02. The van der Waals surface area contributed by atoms with Gasteiger partial charge in [0, 0.05) is 19.2 Å². The van der Waals surface area contributed by atoms with Crippen LogP contribution in [0.5, 0.6) is 5.75 Å². The molecule has 0 aliphatic carbocycles. The van der Waals surface area contributed by atoms with Crippen molar-refractivity contribution in [2.24, 2.45) is 0 Å². The lowest BCUT2D eigenvalue weighted by atomic mass is 9.97. The Hall–Kier alpha value is -2.19. The topological polar surface area (TPSA) is 75.5 Å². The van der Waals surface area contributed by atoms with Crippen LogP contribution >= 0.6 is 0 Å². The minimum absolute atomic E-state index is 0.184. The van der Waals surface area contributed by atoms with Crippen molar-refractivity contribution >= 4 is 13.8 Å². The fraction of sp³-hybridized carbons (Fsp3) is 0.654. The largest absolute Gasteiger partial charge is 0.427 e. The molecule has 1 aromatic carbocycles. The molecule has 0 saturated carbocycles. The zero-order valence-electron chi connectivity index (χ0n) is 21.9. The molecule has 0 unspecified atom stereocenters. The number of aromatic nitrogens is 3. The molecule has 0 N–H and O–H groups in total. The van der Waals surface area contributed by atoms with Crippen LogP contribution in [0, 0.1) is 0 Å². The van der Waals surface area contributed by atoms with Crippen molar-refractivity contribution in [2.45, 2.75) is 104 Å². The number of carbonyl (C=O) groups is 1. The standard InChI is InChI=1S/C26H40BN3O4/c1-24(2,3)34-26(6,7)15-17-32-25(4,5)14-16-30-19-21(28-29-30)10-13-23(31)33-22-11-8-20(18-27)9-12-22/h8-9,11-12,19H,10,13-18H2,1-7H3. The number of hydrogen-bond acceptors (Lipinski definition) is 6. The smallest absolute Gasteiger partial charge is 0.311 e. The van der Waals surface area contributed by atoms with Crippen LogP contribution in [0.1, 0.15) is 79.0 Å². The minimum Gasteiger partial charge on any atom is -0.427 e. The molecule has 1 aromatic heterocycles. The highest BCUT2D eigenvalue weighted by atomic mass is 16.5. The Balaban J connectivity index is 1.72. The Morgan fingerprint density at radius 2 is 1.68 bits per heavy atom. The number of hydrogen-bond donors (Lipinski definition) is 0. The van der Waals surface area contributed by atoms with E-state index in [1.807, 2.05) is 18.3 Å². The Labute approximate surface area is 206 Å². The van der Waals surface area contributed by atoms with Crippen molar-refractivity contribution in [2.75, 3.05) is 6.61 Å². The summed E-state index contributed by atoms with van der Waals surface area (Å²) in [7, 11) is 5.58. The van der Waals surface area contributed by atoms with E-state index in [-0.39, 0.29) is 29.2 Å². The van der Waals surface area contributed by atoms with E-state index in [1.54, 1.807) is 16.8 Å². The van der Waals surface area contributed by atoms with Crippen LogP contribution in [0.25, 0.3) is 0 Å². The highest BCUT2D eigenvalue weighted by Crippen LogP contribution is 2.24. The summed E-state index contributed by atoms with van der Waals surface area (Å²) in [4.78, 5) is 12.1. The molecule has 0 aliphatic rings.